The number of alkyl halides is 2. The Kier molecular flexibility index (Phi) is 4.12. The lowest BCUT2D eigenvalue weighted by Gasteiger charge is -2.32. The first-order chi connectivity index (χ1) is 8.37. The van der Waals surface area contributed by atoms with Gasteiger partial charge in [0.1, 0.15) is 4.33 Å². The lowest BCUT2D eigenvalue weighted by atomic mass is 10.1. The molecule has 2 fully saturated rings. The van der Waals surface area contributed by atoms with Gasteiger partial charge in [0.25, 0.3) is 0 Å². The van der Waals surface area contributed by atoms with Gasteiger partial charge in [0.15, 0.2) is 0 Å². The van der Waals surface area contributed by atoms with Crippen LogP contribution in [-0.2, 0) is 9.53 Å². The average Bonchev–Trinajstić information content (AvgIpc) is 2.87. The molecular weight excluding hydrogens is 275 g/mol. The second-order valence-electron chi connectivity index (χ2n) is 5.42. The molecule has 1 N–H and O–H groups in total. The van der Waals surface area contributed by atoms with Gasteiger partial charge in [-0.1, -0.05) is 0 Å². The Balaban J connectivity index is 1.76. The summed E-state index contributed by atoms with van der Waals surface area (Å²) in [5, 5.41) is 2.95. The highest BCUT2D eigenvalue weighted by atomic mass is 35.5. The van der Waals surface area contributed by atoms with Crippen LogP contribution in [0.25, 0.3) is 0 Å². The second kappa shape index (κ2) is 5.16. The lowest BCUT2D eigenvalue weighted by Crippen LogP contribution is -2.48. The van der Waals surface area contributed by atoms with E-state index < -0.39 is 9.75 Å². The normalized spacial score (nSPS) is 32.9. The van der Waals surface area contributed by atoms with Crippen molar-refractivity contribution in [3.05, 3.63) is 0 Å². The van der Waals surface area contributed by atoms with Gasteiger partial charge in [0.05, 0.1) is 18.6 Å². The molecule has 1 heterocycles. The third-order valence-electron chi connectivity index (χ3n) is 3.99. The van der Waals surface area contributed by atoms with Crippen molar-refractivity contribution in [2.75, 3.05) is 32.8 Å². The van der Waals surface area contributed by atoms with Crippen molar-refractivity contribution in [2.45, 2.75) is 30.6 Å². The second-order valence-corrected chi connectivity index (χ2v) is 6.90. The molecule has 1 aliphatic heterocycles. The van der Waals surface area contributed by atoms with Crippen molar-refractivity contribution in [1.29, 1.82) is 0 Å². The summed E-state index contributed by atoms with van der Waals surface area (Å²) in [6, 6.07) is 0.306. The number of nitrogens with zero attached hydrogens (tertiary/aromatic N) is 1. The molecule has 0 spiro atoms. The molecule has 4 nitrogen and oxygen atoms in total. The Morgan fingerprint density at radius 3 is 2.50 bits per heavy atom. The highest BCUT2D eigenvalue weighted by Gasteiger charge is 2.67. The monoisotopic (exact) mass is 294 g/mol. The molecule has 0 aromatic carbocycles. The average molecular weight is 295 g/mol. The van der Waals surface area contributed by atoms with Crippen LogP contribution in [0.4, 0.5) is 0 Å². The number of hydrogen-bond donors (Lipinski definition) is 1. The molecule has 6 heteroatoms. The minimum atomic E-state index is -0.890. The maximum Gasteiger partial charge on any atom is 0.229 e. The van der Waals surface area contributed by atoms with Crippen molar-refractivity contribution < 1.29 is 9.53 Å². The topological polar surface area (TPSA) is 41.6 Å². The number of morpholine rings is 1. The number of carbonyl (C=O) groups is 1. The smallest absolute Gasteiger partial charge is 0.229 e. The molecule has 1 saturated carbocycles. The van der Waals surface area contributed by atoms with Crippen LogP contribution >= 0.6 is 23.2 Å². The zero-order valence-electron chi connectivity index (χ0n) is 10.8. The Morgan fingerprint density at radius 2 is 2.00 bits per heavy atom. The summed E-state index contributed by atoms with van der Waals surface area (Å²) in [6.45, 7) is 7.91. The van der Waals surface area contributed by atoms with Crippen molar-refractivity contribution >= 4 is 29.1 Å². The highest BCUT2D eigenvalue weighted by molar-refractivity contribution is 6.53. The molecule has 2 atom stereocenters. The van der Waals surface area contributed by atoms with Gasteiger partial charge in [-0.15, -0.1) is 23.2 Å². The van der Waals surface area contributed by atoms with Crippen LogP contribution in [0.3, 0.4) is 0 Å². The molecule has 1 aliphatic carbocycles. The van der Waals surface area contributed by atoms with Gasteiger partial charge in [-0.2, -0.15) is 0 Å². The molecule has 0 radical (unpaired) electrons. The van der Waals surface area contributed by atoms with Gasteiger partial charge in [-0.3, -0.25) is 9.69 Å². The van der Waals surface area contributed by atoms with Gasteiger partial charge >= 0.3 is 0 Å². The molecule has 0 bridgehead atoms. The highest BCUT2D eigenvalue weighted by Crippen LogP contribution is 2.63. The van der Waals surface area contributed by atoms with E-state index in [1.54, 1.807) is 0 Å². The van der Waals surface area contributed by atoms with E-state index in [0.717, 1.165) is 26.3 Å². The Labute approximate surface area is 118 Å². The zero-order valence-corrected chi connectivity index (χ0v) is 12.4. The summed E-state index contributed by atoms with van der Waals surface area (Å²) in [5.74, 6) is -0.0485. The number of rotatable bonds is 4. The number of nitrogens with one attached hydrogen (secondary N) is 1. The minimum absolute atomic E-state index is 0.0485. The molecule has 0 aromatic heterocycles. The molecule has 104 valence electrons. The number of halogens is 2. The molecule has 2 unspecified atom stereocenters. The summed E-state index contributed by atoms with van der Waals surface area (Å²) in [5.41, 5.74) is -0.624. The SMILES string of the molecule is CC(CNC(=O)C1(C)CC1(Cl)Cl)N1CCOCC1. The fourth-order valence-corrected chi connectivity index (χ4v) is 2.94. The van der Waals surface area contributed by atoms with Crippen molar-refractivity contribution in [1.82, 2.24) is 10.2 Å². The molecule has 18 heavy (non-hydrogen) atoms. The van der Waals surface area contributed by atoms with Crippen molar-refractivity contribution in [3.8, 4) is 0 Å². The van der Waals surface area contributed by atoms with Gasteiger partial charge in [-0.05, 0) is 20.3 Å². The molecular formula is C12H20Cl2N2O2. The molecule has 1 saturated heterocycles. The Bertz CT molecular complexity index is 332. The predicted molar refractivity (Wildman–Crippen MR) is 72.0 cm³/mol. The van der Waals surface area contributed by atoms with Crippen LogP contribution in [-0.4, -0.2) is 54.0 Å². The summed E-state index contributed by atoms with van der Waals surface area (Å²) < 4.78 is 4.41. The number of amides is 1. The summed E-state index contributed by atoms with van der Waals surface area (Å²) in [4.78, 5) is 14.3. The maximum absolute atomic E-state index is 12.0. The van der Waals surface area contributed by atoms with Gasteiger partial charge in [0.2, 0.25) is 5.91 Å². The van der Waals surface area contributed by atoms with E-state index in [0.29, 0.717) is 19.0 Å². The first-order valence-corrected chi connectivity index (χ1v) is 7.10. The van der Waals surface area contributed by atoms with Gasteiger partial charge < -0.3 is 10.1 Å². The zero-order chi connectivity index (χ0) is 13.4. The largest absolute Gasteiger partial charge is 0.379 e. The number of carbonyl (C=O) groups excluding carboxylic acids is 1. The first kappa shape index (κ1) is 14.4. The van der Waals surface area contributed by atoms with E-state index in [2.05, 4.69) is 17.1 Å². The number of ether oxygens (including phenoxy) is 1. The Morgan fingerprint density at radius 1 is 1.44 bits per heavy atom. The standard InChI is InChI=1S/C12H20Cl2N2O2/c1-9(16-3-5-18-6-4-16)7-15-10(17)11(2)8-12(11,13)14/h9H,3-8H2,1-2H3,(H,15,17). The van der Waals surface area contributed by atoms with Crippen molar-refractivity contribution in [2.24, 2.45) is 5.41 Å². The molecule has 0 aromatic rings. The first-order valence-electron chi connectivity index (χ1n) is 6.35. The Hall–Kier alpha value is -0.0300. The van der Waals surface area contributed by atoms with Gasteiger partial charge in [0, 0.05) is 25.7 Å². The quantitative estimate of drug-likeness (QED) is 0.797. The summed E-state index contributed by atoms with van der Waals surface area (Å²) in [7, 11) is 0. The van der Waals surface area contributed by atoms with E-state index in [1.165, 1.54) is 0 Å². The lowest BCUT2D eigenvalue weighted by molar-refractivity contribution is -0.126. The van der Waals surface area contributed by atoms with Crippen LogP contribution < -0.4 is 5.32 Å². The third kappa shape index (κ3) is 2.77. The van der Waals surface area contributed by atoms with E-state index in [1.807, 2.05) is 6.92 Å². The number of hydrogen-bond acceptors (Lipinski definition) is 3. The van der Waals surface area contributed by atoms with Crippen molar-refractivity contribution in [3.63, 3.8) is 0 Å². The van der Waals surface area contributed by atoms with Crippen LogP contribution in [0.15, 0.2) is 0 Å². The van der Waals surface area contributed by atoms with Crippen LogP contribution in [0, 0.1) is 5.41 Å². The summed E-state index contributed by atoms with van der Waals surface area (Å²) >= 11 is 12.0. The fourth-order valence-electron chi connectivity index (χ4n) is 2.23. The van der Waals surface area contributed by atoms with E-state index in [-0.39, 0.29) is 5.91 Å². The van der Waals surface area contributed by atoms with Gasteiger partial charge in [-0.25, -0.2) is 0 Å². The molecule has 1 amide bonds. The van der Waals surface area contributed by atoms with Crippen LogP contribution in [0.1, 0.15) is 20.3 Å². The van der Waals surface area contributed by atoms with E-state index >= 15 is 0 Å². The fraction of sp³-hybridized carbons (Fsp3) is 0.917. The summed E-state index contributed by atoms with van der Waals surface area (Å²) in [6.07, 6.45) is 0.529. The van der Waals surface area contributed by atoms with Crippen LogP contribution in [0.5, 0.6) is 0 Å². The van der Waals surface area contributed by atoms with E-state index in [4.69, 9.17) is 27.9 Å². The minimum Gasteiger partial charge on any atom is -0.379 e. The molecule has 2 aliphatic rings. The third-order valence-corrected chi connectivity index (χ3v) is 5.09. The maximum atomic E-state index is 12.0. The van der Waals surface area contributed by atoms with Crippen LogP contribution in [0.2, 0.25) is 0 Å². The van der Waals surface area contributed by atoms with E-state index in [9.17, 15) is 4.79 Å². The predicted octanol–water partition coefficient (Wildman–Crippen LogP) is 1.41. The molecule has 2 rings (SSSR count).